The van der Waals surface area contributed by atoms with Crippen molar-refractivity contribution in [3.63, 3.8) is 0 Å². The van der Waals surface area contributed by atoms with E-state index >= 15 is 0 Å². The van der Waals surface area contributed by atoms with E-state index in [9.17, 15) is 9.59 Å². The van der Waals surface area contributed by atoms with Crippen LogP contribution in [0.5, 0.6) is 0 Å². The fourth-order valence-corrected chi connectivity index (χ4v) is 0.935. The molecule has 0 saturated heterocycles. The van der Waals surface area contributed by atoms with Gasteiger partial charge in [-0.3, -0.25) is 9.59 Å². The molecule has 1 atom stereocenters. The molecular weight excluding hydrogens is 174 g/mol. The molecule has 5 heteroatoms. The number of carbonyl (C=O) groups is 2. The second-order valence-corrected chi connectivity index (χ2v) is 2.87. The predicted molar refractivity (Wildman–Crippen MR) is 44.2 cm³/mol. The quantitative estimate of drug-likeness (QED) is 0.592. The number of Topliss-reactive ketones (excluding diaryl/α,β-unsaturated/α-hetero) is 1. The van der Waals surface area contributed by atoms with Gasteiger partial charge in [-0.05, 0) is 6.92 Å². The Morgan fingerprint density at radius 1 is 1.69 bits per heavy atom. The fraction of sp³-hybridized carbons (Fsp3) is 0.625. The summed E-state index contributed by atoms with van der Waals surface area (Å²) >= 11 is 0. The lowest BCUT2D eigenvalue weighted by Crippen LogP contribution is -2.25. The standard InChI is InChI=1S/C8H11NO4/c1-5-3-8(13-9-5)7(11)4-12-6(2)10/h8H,3-4H2,1-2H3/t8-/m1/s1. The Morgan fingerprint density at radius 3 is 2.85 bits per heavy atom. The van der Waals surface area contributed by atoms with E-state index in [2.05, 4.69) is 9.89 Å². The molecule has 0 radical (unpaired) electrons. The fourth-order valence-electron chi connectivity index (χ4n) is 0.935. The second kappa shape index (κ2) is 4.02. The van der Waals surface area contributed by atoms with Crippen LogP contribution in [0.15, 0.2) is 5.16 Å². The van der Waals surface area contributed by atoms with E-state index in [1.54, 1.807) is 6.92 Å². The molecule has 0 spiro atoms. The van der Waals surface area contributed by atoms with Crippen molar-refractivity contribution in [1.82, 2.24) is 0 Å². The summed E-state index contributed by atoms with van der Waals surface area (Å²) in [7, 11) is 0. The van der Waals surface area contributed by atoms with E-state index in [-0.39, 0.29) is 12.4 Å². The summed E-state index contributed by atoms with van der Waals surface area (Å²) in [4.78, 5) is 26.4. The summed E-state index contributed by atoms with van der Waals surface area (Å²) in [6.45, 7) is 2.80. The van der Waals surface area contributed by atoms with E-state index in [4.69, 9.17) is 4.84 Å². The van der Waals surface area contributed by atoms with Gasteiger partial charge in [-0.2, -0.15) is 0 Å². The highest BCUT2D eigenvalue weighted by Gasteiger charge is 2.26. The molecule has 0 bridgehead atoms. The van der Waals surface area contributed by atoms with Crippen molar-refractivity contribution in [1.29, 1.82) is 0 Å². The van der Waals surface area contributed by atoms with Crippen LogP contribution in [0.3, 0.4) is 0 Å². The first-order valence-electron chi connectivity index (χ1n) is 3.95. The van der Waals surface area contributed by atoms with E-state index in [1.165, 1.54) is 6.92 Å². The van der Waals surface area contributed by atoms with Gasteiger partial charge in [0.2, 0.25) is 5.78 Å². The average Bonchev–Trinajstić information content (AvgIpc) is 2.47. The molecule has 1 heterocycles. The molecule has 5 nitrogen and oxygen atoms in total. The Bertz CT molecular complexity index is 259. The van der Waals surface area contributed by atoms with E-state index < -0.39 is 12.1 Å². The van der Waals surface area contributed by atoms with Crippen LogP contribution in [-0.2, 0) is 19.2 Å². The van der Waals surface area contributed by atoms with Gasteiger partial charge in [0.05, 0.1) is 5.71 Å². The predicted octanol–water partition coefficient (Wildman–Crippen LogP) is 0.283. The number of hydrogen-bond acceptors (Lipinski definition) is 5. The molecule has 0 aromatic carbocycles. The Kier molecular flexibility index (Phi) is 3.00. The zero-order valence-electron chi connectivity index (χ0n) is 7.57. The Hall–Kier alpha value is -1.39. The second-order valence-electron chi connectivity index (χ2n) is 2.87. The van der Waals surface area contributed by atoms with Crippen molar-refractivity contribution >= 4 is 17.5 Å². The zero-order valence-corrected chi connectivity index (χ0v) is 7.57. The Labute approximate surface area is 75.7 Å². The molecule has 0 saturated carbocycles. The lowest BCUT2D eigenvalue weighted by atomic mass is 10.1. The topological polar surface area (TPSA) is 65.0 Å². The third kappa shape index (κ3) is 2.85. The summed E-state index contributed by atoms with van der Waals surface area (Å²) in [5.74, 6) is -0.722. The van der Waals surface area contributed by atoms with Crippen LogP contribution in [0.2, 0.25) is 0 Å². The molecule has 1 aliphatic rings. The molecule has 0 aromatic rings. The number of hydrogen-bond donors (Lipinski definition) is 0. The van der Waals surface area contributed by atoms with Gasteiger partial charge >= 0.3 is 5.97 Å². The van der Waals surface area contributed by atoms with Crippen LogP contribution >= 0.6 is 0 Å². The zero-order chi connectivity index (χ0) is 9.84. The van der Waals surface area contributed by atoms with Gasteiger partial charge < -0.3 is 9.57 Å². The van der Waals surface area contributed by atoms with Crippen LogP contribution < -0.4 is 0 Å². The van der Waals surface area contributed by atoms with Crippen molar-refractivity contribution in [2.24, 2.45) is 5.16 Å². The number of rotatable bonds is 3. The van der Waals surface area contributed by atoms with Gasteiger partial charge in [0.15, 0.2) is 12.7 Å². The minimum absolute atomic E-state index is 0.233. The van der Waals surface area contributed by atoms with Crippen LogP contribution in [-0.4, -0.2) is 30.2 Å². The molecule has 0 fully saturated rings. The van der Waals surface area contributed by atoms with Crippen LogP contribution in [0.4, 0.5) is 0 Å². The Morgan fingerprint density at radius 2 is 2.38 bits per heavy atom. The maximum Gasteiger partial charge on any atom is 0.303 e. The maximum absolute atomic E-state index is 11.2. The molecule has 13 heavy (non-hydrogen) atoms. The highest BCUT2D eigenvalue weighted by molar-refractivity contribution is 5.93. The molecular formula is C8H11NO4. The molecule has 0 aliphatic carbocycles. The van der Waals surface area contributed by atoms with Crippen LogP contribution in [0.25, 0.3) is 0 Å². The lowest BCUT2D eigenvalue weighted by molar-refractivity contribution is -0.148. The monoisotopic (exact) mass is 185 g/mol. The molecule has 0 unspecified atom stereocenters. The first-order chi connectivity index (χ1) is 6.09. The Balaban J connectivity index is 2.29. The third-order valence-electron chi connectivity index (χ3n) is 1.59. The number of oxime groups is 1. The first-order valence-corrected chi connectivity index (χ1v) is 3.95. The van der Waals surface area contributed by atoms with E-state index in [0.717, 1.165) is 5.71 Å². The summed E-state index contributed by atoms with van der Waals surface area (Å²) in [5, 5.41) is 3.62. The third-order valence-corrected chi connectivity index (χ3v) is 1.59. The number of ether oxygens (including phenoxy) is 1. The van der Waals surface area contributed by atoms with Gasteiger partial charge in [0.1, 0.15) is 0 Å². The normalized spacial score (nSPS) is 20.5. The number of nitrogens with zero attached hydrogens (tertiary/aromatic N) is 1. The molecule has 0 N–H and O–H groups in total. The van der Waals surface area contributed by atoms with Crippen LogP contribution in [0.1, 0.15) is 20.3 Å². The number of esters is 1. The minimum atomic E-state index is -0.570. The SMILES string of the molecule is CC(=O)OCC(=O)[C@H]1CC(C)=NO1. The number of ketones is 1. The lowest BCUT2D eigenvalue weighted by Gasteiger charge is -2.06. The first kappa shape index (κ1) is 9.70. The summed E-state index contributed by atoms with van der Waals surface area (Å²) in [6.07, 6.45) is -0.0838. The number of carbonyl (C=O) groups excluding carboxylic acids is 2. The smallest absolute Gasteiger partial charge is 0.303 e. The molecule has 1 aliphatic heterocycles. The van der Waals surface area contributed by atoms with E-state index in [1.807, 2.05) is 0 Å². The molecule has 0 aromatic heterocycles. The maximum atomic E-state index is 11.2. The van der Waals surface area contributed by atoms with Crippen molar-refractivity contribution in [3.8, 4) is 0 Å². The van der Waals surface area contributed by atoms with Gasteiger partial charge in [-0.25, -0.2) is 0 Å². The largest absolute Gasteiger partial charge is 0.458 e. The highest BCUT2D eigenvalue weighted by atomic mass is 16.6. The van der Waals surface area contributed by atoms with Crippen molar-refractivity contribution in [3.05, 3.63) is 0 Å². The summed E-state index contributed by atoms with van der Waals surface area (Å²) in [6, 6.07) is 0. The molecule has 0 amide bonds. The minimum Gasteiger partial charge on any atom is -0.458 e. The summed E-state index contributed by atoms with van der Waals surface area (Å²) in [5.41, 5.74) is 0.779. The van der Waals surface area contributed by atoms with E-state index in [0.29, 0.717) is 6.42 Å². The average molecular weight is 185 g/mol. The van der Waals surface area contributed by atoms with Crippen LogP contribution in [0, 0.1) is 0 Å². The van der Waals surface area contributed by atoms with Gasteiger partial charge in [-0.15, -0.1) is 0 Å². The van der Waals surface area contributed by atoms with Gasteiger partial charge in [0, 0.05) is 13.3 Å². The van der Waals surface area contributed by atoms with Gasteiger partial charge in [-0.1, -0.05) is 5.16 Å². The summed E-state index contributed by atoms with van der Waals surface area (Å²) < 4.78 is 4.53. The van der Waals surface area contributed by atoms with Crippen molar-refractivity contribution < 1.29 is 19.2 Å². The molecule has 1 rings (SSSR count). The van der Waals surface area contributed by atoms with Gasteiger partial charge in [0.25, 0.3) is 0 Å². The van der Waals surface area contributed by atoms with Crippen molar-refractivity contribution in [2.75, 3.05) is 6.61 Å². The van der Waals surface area contributed by atoms with Crippen molar-refractivity contribution in [2.45, 2.75) is 26.4 Å². The molecule has 72 valence electrons. The highest BCUT2D eigenvalue weighted by Crippen LogP contribution is 2.10.